The third-order valence-corrected chi connectivity index (χ3v) is 9.77. The van der Waals surface area contributed by atoms with Gasteiger partial charge in [0.15, 0.2) is 0 Å². The number of nitrogens with zero attached hydrogens (tertiary/aromatic N) is 4. The lowest BCUT2D eigenvalue weighted by Gasteiger charge is -2.45. The summed E-state index contributed by atoms with van der Waals surface area (Å²) in [4.78, 5) is 19.5. The van der Waals surface area contributed by atoms with Gasteiger partial charge in [0.05, 0.1) is 32.3 Å². The highest BCUT2D eigenvalue weighted by atomic mass is 32.1. The van der Waals surface area contributed by atoms with Crippen LogP contribution < -0.4 is 0 Å². The van der Waals surface area contributed by atoms with Crippen LogP contribution in [0.5, 0.6) is 0 Å². The molecule has 0 N–H and O–H groups in total. The van der Waals surface area contributed by atoms with Crippen molar-refractivity contribution >= 4 is 45.9 Å². The van der Waals surface area contributed by atoms with Crippen LogP contribution in [0.4, 0.5) is 79.0 Å². The molecule has 2 aromatic rings. The summed E-state index contributed by atoms with van der Waals surface area (Å²) in [5.41, 5.74) is -23.0. The second-order valence-corrected chi connectivity index (χ2v) is 12.5. The van der Waals surface area contributed by atoms with E-state index in [0.29, 0.717) is 24.3 Å². The number of rotatable bonds is 10. The predicted octanol–water partition coefficient (Wildman–Crippen LogP) is 8.70. The number of alkyl halides is 18. The first-order chi connectivity index (χ1) is 23.7. The number of thiophene rings is 2. The molecule has 2 aliphatic rings. The second kappa shape index (κ2) is 12.6. The van der Waals surface area contributed by atoms with Crippen molar-refractivity contribution in [3.63, 3.8) is 0 Å². The summed E-state index contributed by atoms with van der Waals surface area (Å²) in [5, 5.41) is 18.3. The van der Waals surface area contributed by atoms with Gasteiger partial charge in [-0.3, -0.25) is 9.59 Å². The average Bonchev–Trinajstić information content (AvgIpc) is 3.74. The molecule has 4 rings (SSSR count). The lowest BCUT2D eigenvalue weighted by Crippen LogP contribution is -2.68. The number of hydrogen-bond donors (Lipinski definition) is 0. The molecule has 0 saturated carbocycles. The van der Waals surface area contributed by atoms with E-state index in [1.165, 1.54) is 12.1 Å². The molecule has 52 heavy (non-hydrogen) atoms. The molecule has 4 heterocycles. The quantitative estimate of drug-likeness (QED) is 0.178. The number of hydrogen-bond acceptors (Lipinski definition) is 6. The average molecular weight is 814 g/mol. The fourth-order valence-corrected chi connectivity index (χ4v) is 6.97. The normalized spacial score (nSPS) is 16.8. The van der Waals surface area contributed by atoms with Gasteiger partial charge in [-0.1, -0.05) is 0 Å². The molecule has 2 aromatic heterocycles. The number of carbonyl (C=O) groups excluding carboxylic acids is 2. The summed E-state index contributed by atoms with van der Waals surface area (Å²) < 4.78 is 260. The van der Waals surface area contributed by atoms with Crippen molar-refractivity contribution in [1.29, 1.82) is 10.5 Å². The zero-order valence-electron chi connectivity index (χ0n) is 23.8. The highest BCUT2D eigenvalue weighted by Crippen LogP contribution is 2.65. The SMILES string of the molecule is N#Cc1ccc(C2=C3C(=O)N(C(F)(F)C(C(F)F)(C(F)F)C(F)(F)F)C(c4ccc(C#N)s4)=C3C(=O)N2C(F)(F)C(C(F)F)(C(F)F)C(F)(F)F)s1. The van der Waals surface area contributed by atoms with Crippen LogP contribution in [-0.2, 0) is 9.59 Å². The van der Waals surface area contributed by atoms with Crippen LogP contribution >= 0.6 is 22.7 Å². The molecule has 0 aliphatic carbocycles. The largest absolute Gasteiger partial charge is 0.413 e. The zero-order chi connectivity index (χ0) is 39.9. The maximum Gasteiger partial charge on any atom is 0.413 e. The minimum absolute atomic E-state index is 0.273. The van der Waals surface area contributed by atoms with Gasteiger partial charge >= 0.3 is 24.4 Å². The van der Waals surface area contributed by atoms with Gasteiger partial charge in [0.2, 0.25) is 0 Å². The zero-order valence-corrected chi connectivity index (χ0v) is 25.5. The van der Waals surface area contributed by atoms with Crippen LogP contribution in [0, 0.1) is 33.5 Å². The third kappa shape index (κ3) is 5.07. The monoisotopic (exact) mass is 814 g/mol. The minimum Gasteiger partial charge on any atom is -0.268 e. The van der Waals surface area contributed by atoms with Gasteiger partial charge in [-0.2, -0.15) is 54.4 Å². The van der Waals surface area contributed by atoms with Gasteiger partial charge in [-0.25, -0.2) is 44.9 Å². The van der Waals surface area contributed by atoms with E-state index in [1.54, 1.807) is 0 Å². The number of carbonyl (C=O) groups is 2. The Morgan fingerprint density at radius 3 is 0.981 bits per heavy atom. The van der Waals surface area contributed by atoms with Crippen LogP contribution in [-0.4, -0.2) is 71.8 Å². The molecular formula is C26H8F18N4O2S2. The van der Waals surface area contributed by atoms with Crippen LogP contribution in [0.1, 0.15) is 19.5 Å². The molecule has 0 atom stereocenters. The highest BCUT2D eigenvalue weighted by Gasteiger charge is 2.86. The Morgan fingerprint density at radius 2 is 0.788 bits per heavy atom. The first-order valence-electron chi connectivity index (χ1n) is 12.9. The Morgan fingerprint density at radius 1 is 0.519 bits per heavy atom. The van der Waals surface area contributed by atoms with Crippen molar-refractivity contribution in [3.8, 4) is 12.1 Å². The van der Waals surface area contributed by atoms with Crippen molar-refractivity contribution in [3.05, 3.63) is 54.9 Å². The maximum absolute atomic E-state index is 16.1. The van der Waals surface area contributed by atoms with Crippen molar-refractivity contribution in [2.45, 2.75) is 50.1 Å². The molecule has 0 radical (unpaired) electrons. The van der Waals surface area contributed by atoms with Gasteiger partial charge in [0.25, 0.3) is 48.3 Å². The summed E-state index contributed by atoms with van der Waals surface area (Å²) in [6.45, 7) is 0. The van der Waals surface area contributed by atoms with E-state index in [0.717, 1.165) is 0 Å². The van der Waals surface area contributed by atoms with Crippen molar-refractivity contribution < 1.29 is 88.6 Å². The molecule has 2 aliphatic heterocycles. The highest BCUT2D eigenvalue weighted by molar-refractivity contribution is 7.14. The van der Waals surface area contributed by atoms with Crippen molar-refractivity contribution in [2.24, 2.45) is 10.8 Å². The fourth-order valence-electron chi connectivity index (χ4n) is 5.28. The molecule has 0 spiro atoms. The topological polar surface area (TPSA) is 88.2 Å². The van der Waals surface area contributed by atoms with E-state index in [1.807, 2.05) is 0 Å². The molecule has 0 saturated heterocycles. The van der Waals surface area contributed by atoms with Crippen LogP contribution in [0.2, 0.25) is 0 Å². The van der Waals surface area contributed by atoms with Gasteiger partial charge in [0, 0.05) is 0 Å². The predicted molar refractivity (Wildman–Crippen MR) is 136 cm³/mol. The Kier molecular flexibility index (Phi) is 9.76. The van der Waals surface area contributed by atoms with E-state index in [9.17, 15) is 71.1 Å². The van der Waals surface area contributed by atoms with E-state index >= 15 is 17.6 Å². The van der Waals surface area contributed by atoms with Gasteiger partial charge in [-0.15, -0.1) is 22.7 Å². The maximum atomic E-state index is 16.1. The lowest BCUT2D eigenvalue weighted by atomic mass is 9.83. The summed E-state index contributed by atoms with van der Waals surface area (Å²) in [6.07, 6.45) is -38.3. The Bertz CT molecular complexity index is 1790. The number of nitriles is 2. The fraction of sp³-hybridized carbons (Fsp3) is 0.385. The molecule has 0 aromatic carbocycles. The Balaban J connectivity index is 2.27. The summed E-state index contributed by atoms with van der Waals surface area (Å²) in [7, 11) is 0. The summed E-state index contributed by atoms with van der Waals surface area (Å²) >= 11 is -0.545. The van der Waals surface area contributed by atoms with E-state index in [4.69, 9.17) is 10.5 Å². The van der Waals surface area contributed by atoms with E-state index < -0.39 is 125 Å². The number of halogens is 18. The smallest absolute Gasteiger partial charge is 0.268 e. The Hall–Kier alpha value is -4.46. The van der Waals surface area contributed by atoms with Crippen molar-refractivity contribution in [2.75, 3.05) is 0 Å². The summed E-state index contributed by atoms with van der Waals surface area (Å²) in [5.74, 6) is -6.23. The number of amides is 2. The first-order valence-corrected chi connectivity index (χ1v) is 14.5. The lowest BCUT2D eigenvalue weighted by molar-refractivity contribution is -0.391. The van der Waals surface area contributed by atoms with Gasteiger partial charge in [0.1, 0.15) is 21.9 Å². The van der Waals surface area contributed by atoms with Crippen LogP contribution in [0.25, 0.3) is 11.4 Å². The second-order valence-electron chi connectivity index (χ2n) is 10.3. The molecule has 6 nitrogen and oxygen atoms in total. The molecule has 26 heteroatoms. The first kappa shape index (κ1) is 40.3. The molecular weight excluding hydrogens is 806 g/mol. The Labute approximate surface area is 283 Å². The molecule has 0 unspecified atom stereocenters. The molecule has 282 valence electrons. The summed E-state index contributed by atoms with van der Waals surface area (Å²) in [6, 6.07) is -9.83. The minimum atomic E-state index is -7.41. The van der Waals surface area contributed by atoms with Crippen molar-refractivity contribution in [1.82, 2.24) is 9.80 Å². The molecule has 2 amide bonds. The third-order valence-electron chi connectivity index (χ3n) is 7.78. The van der Waals surface area contributed by atoms with Gasteiger partial charge < -0.3 is 0 Å². The standard InChI is InChI=1S/C26H8F18N4O2S2/c27-17(28)21(18(29)30,23(35,36)37)25(41,42)47-13(9-3-1-7(5-45)51-9)11-12(16(47)50)14(10-4-2-8(6-46)52-10)48(15(11)49)26(43,44)22(19(31)32,20(33)34)24(38,39)40/h1-4,17-20H. The van der Waals surface area contributed by atoms with Gasteiger partial charge in [-0.05, 0) is 24.3 Å². The van der Waals surface area contributed by atoms with E-state index in [2.05, 4.69) is 0 Å². The molecule has 0 bridgehead atoms. The number of fused-ring (bicyclic) bond motifs is 1. The van der Waals surface area contributed by atoms with Crippen LogP contribution in [0.15, 0.2) is 35.4 Å². The van der Waals surface area contributed by atoms with E-state index in [-0.39, 0.29) is 22.7 Å². The molecule has 0 fully saturated rings. The van der Waals surface area contributed by atoms with Crippen LogP contribution in [0.3, 0.4) is 0 Å².